The number of hydrogen-bond acceptors (Lipinski definition) is 6. The number of thiazole rings is 1. The number of aromatic nitrogens is 4. The first kappa shape index (κ1) is 17.2. The number of thioether (sulfide) groups is 1. The van der Waals surface area contributed by atoms with Crippen molar-refractivity contribution in [2.75, 3.05) is 5.32 Å². The van der Waals surface area contributed by atoms with E-state index in [0.29, 0.717) is 5.92 Å². The SMILES string of the molecule is CC(=O)Nc1cccc(-n2c(SCc3csc(C)n3)nnc2C2CC2)c1. The summed E-state index contributed by atoms with van der Waals surface area (Å²) in [6, 6.07) is 7.82. The van der Waals surface area contributed by atoms with E-state index in [1.54, 1.807) is 23.1 Å². The number of nitrogens with zero attached hydrogens (tertiary/aromatic N) is 4. The fraction of sp³-hybridized carbons (Fsp3) is 0.333. The molecule has 0 spiro atoms. The van der Waals surface area contributed by atoms with Crippen LogP contribution in [0.1, 0.15) is 42.2 Å². The van der Waals surface area contributed by atoms with Crippen molar-refractivity contribution in [1.29, 1.82) is 0 Å². The van der Waals surface area contributed by atoms with Crippen molar-refractivity contribution in [2.24, 2.45) is 0 Å². The van der Waals surface area contributed by atoms with E-state index in [-0.39, 0.29) is 5.91 Å². The van der Waals surface area contributed by atoms with Crippen molar-refractivity contribution in [3.05, 3.63) is 46.2 Å². The number of hydrogen-bond donors (Lipinski definition) is 1. The molecule has 1 saturated carbocycles. The summed E-state index contributed by atoms with van der Waals surface area (Å²) in [4.78, 5) is 15.9. The highest BCUT2D eigenvalue weighted by molar-refractivity contribution is 7.98. The number of aryl methyl sites for hydroxylation is 1. The van der Waals surface area contributed by atoms with Crippen LogP contribution in [0.15, 0.2) is 34.8 Å². The Labute approximate surface area is 160 Å². The van der Waals surface area contributed by atoms with Crippen LogP contribution in [0, 0.1) is 6.92 Å². The van der Waals surface area contributed by atoms with E-state index in [2.05, 4.69) is 30.4 Å². The third-order valence-electron chi connectivity index (χ3n) is 4.04. The Morgan fingerprint density at radius 1 is 1.38 bits per heavy atom. The molecule has 0 radical (unpaired) electrons. The van der Waals surface area contributed by atoms with Gasteiger partial charge in [0.1, 0.15) is 5.82 Å². The van der Waals surface area contributed by atoms with Gasteiger partial charge in [0.25, 0.3) is 0 Å². The van der Waals surface area contributed by atoms with Crippen LogP contribution in [0.3, 0.4) is 0 Å². The summed E-state index contributed by atoms with van der Waals surface area (Å²) in [5.74, 6) is 2.16. The Hall–Kier alpha value is -2.19. The molecule has 1 N–H and O–H groups in total. The Morgan fingerprint density at radius 3 is 2.92 bits per heavy atom. The zero-order valence-electron chi connectivity index (χ0n) is 14.6. The highest BCUT2D eigenvalue weighted by atomic mass is 32.2. The highest BCUT2D eigenvalue weighted by Gasteiger charge is 2.31. The highest BCUT2D eigenvalue weighted by Crippen LogP contribution is 2.41. The molecule has 2 heterocycles. The lowest BCUT2D eigenvalue weighted by atomic mass is 10.2. The lowest BCUT2D eigenvalue weighted by Gasteiger charge is -2.11. The van der Waals surface area contributed by atoms with Gasteiger partial charge in [0.05, 0.1) is 16.4 Å². The van der Waals surface area contributed by atoms with Crippen LogP contribution < -0.4 is 5.32 Å². The quantitative estimate of drug-likeness (QED) is 0.645. The second-order valence-corrected chi connectivity index (χ2v) is 8.33. The van der Waals surface area contributed by atoms with Crippen molar-refractivity contribution < 1.29 is 4.79 Å². The Kier molecular flexibility index (Phi) is 4.78. The van der Waals surface area contributed by atoms with Gasteiger partial charge in [-0.25, -0.2) is 4.98 Å². The van der Waals surface area contributed by atoms with Gasteiger partial charge in [0.2, 0.25) is 5.91 Å². The van der Waals surface area contributed by atoms with Crippen molar-refractivity contribution in [3.8, 4) is 5.69 Å². The van der Waals surface area contributed by atoms with E-state index in [9.17, 15) is 4.79 Å². The van der Waals surface area contributed by atoms with Gasteiger partial charge in [0.15, 0.2) is 5.16 Å². The number of rotatable bonds is 6. The third kappa shape index (κ3) is 3.81. The van der Waals surface area contributed by atoms with Gasteiger partial charge in [-0.2, -0.15) is 0 Å². The third-order valence-corrected chi connectivity index (χ3v) is 5.83. The number of amides is 1. The van der Waals surface area contributed by atoms with E-state index >= 15 is 0 Å². The average Bonchev–Trinajstić information content (AvgIpc) is 3.23. The molecular formula is C18H19N5OS2. The summed E-state index contributed by atoms with van der Waals surface area (Å²) >= 11 is 3.30. The van der Waals surface area contributed by atoms with E-state index in [0.717, 1.165) is 51.7 Å². The topological polar surface area (TPSA) is 72.7 Å². The zero-order chi connectivity index (χ0) is 18.1. The van der Waals surface area contributed by atoms with Gasteiger partial charge in [-0.15, -0.1) is 21.5 Å². The van der Waals surface area contributed by atoms with E-state index in [4.69, 9.17) is 0 Å². The summed E-state index contributed by atoms with van der Waals surface area (Å²) in [6.07, 6.45) is 2.30. The molecule has 0 bridgehead atoms. The van der Waals surface area contributed by atoms with Crippen LogP contribution >= 0.6 is 23.1 Å². The predicted octanol–water partition coefficient (Wildman–Crippen LogP) is 4.16. The smallest absolute Gasteiger partial charge is 0.221 e. The zero-order valence-corrected chi connectivity index (χ0v) is 16.2. The lowest BCUT2D eigenvalue weighted by Crippen LogP contribution is -2.07. The Bertz CT molecular complexity index is 945. The molecule has 1 amide bonds. The average molecular weight is 386 g/mol. The number of nitrogens with one attached hydrogen (secondary N) is 1. The van der Waals surface area contributed by atoms with Crippen LogP contribution in [-0.4, -0.2) is 25.7 Å². The second kappa shape index (κ2) is 7.20. The Balaban J connectivity index is 1.65. The van der Waals surface area contributed by atoms with Crippen LogP contribution in [0.25, 0.3) is 5.69 Å². The molecule has 0 unspecified atom stereocenters. The van der Waals surface area contributed by atoms with E-state index < -0.39 is 0 Å². The second-order valence-electron chi connectivity index (χ2n) is 6.33. The maximum absolute atomic E-state index is 11.4. The summed E-state index contributed by atoms with van der Waals surface area (Å²) < 4.78 is 2.12. The standard InChI is InChI=1S/C18H19N5OS2/c1-11(24)19-14-4-3-5-16(8-14)23-17(13-6-7-13)21-22-18(23)26-10-15-9-25-12(2)20-15/h3-5,8-9,13H,6-7,10H2,1-2H3,(H,19,24). The summed E-state index contributed by atoms with van der Waals surface area (Å²) in [5.41, 5.74) is 2.81. The molecule has 1 aliphatic carbocycles. The fourth-order valence-corrected chi connectivity index (χ4v) is 4.33. The van der Waals surface area contributed by atoms with Gasteiger partial charge < -0.3 is 5.32 Å². The Morgan fingerprint density at radius 2 is 2.23 bits per heavy atom. The van der Waals surface area contributed by atoms with Crippen LogP contribution in [0.2, 0.25) is 0 Å². The number of carbonyl (C=O) groups is 1. The molecule has 6 nitrogen and oxygen atoms in total. The van der Waals surface area contributed by atoms with Crippen LogP contribution in [0.5, 0.6) is 0 Å². The molecule has 4 rings (SSSR count). The largest absolute Gasteiger partial charge is 0.326 e. The summed E-state index contributed by atoms with van der Waals surface area (Å²) in [7, 11) is 0. The van der Waals surface area contributed by atoms with Gasteiger partial charge >= 0.3 is 0 Å². The molecule has 1 aromatic carbocycles. The summed E-state index contributed by atoms with van der Waals surface area (Å²) in [5, 5.41) is 15.7. The van der Waals surface area contributed by atoms with Crippen LogP contribution in [0.4, 0.5) is 5.69 Å². The van der Waals surface area contributed by atoms with E-state index in [1.165, 1.54) is 6.92 Å². The first-order chi connectivity index (χ1) is 12.6. The van der Waals surface area contributed by atoms with Crippen molar-refractivity contribution in [1.82, 2.24) is 19.7 Å². The van der Waals surface area contributed by atoms with Crippen molar-refractivity contribution >= 4 is 34.7 Å². The van der Waals surface area contributed by atoms with Gasteiger partial charge in [-0.1, -0.05) is 17.8 Å². The maximum atomic E-state index is 11.4. The molecule has 1 aliphatic rings. The summed E-state index contributed by atoms with van der Waals surface area (Å²) in [6.45, 7) is 3.53. The number of anilines is 1. The fourth-order valence-electron chi connectivity index (χ4n) is 2.76. The lowest BCUT2D eigenvalue weighted by molar-refractivity contribution is -0.114. The molecule has 26 heavy (non-hydrogen) atoms. The normalized spacial score (nSPS) is 13.8. The maximum Gasteiger partial charge on any atom is 0.221 e. The molecule has 8 heteroatoms. The minimum Gasteiger partial charge on any atom is -0.326 e. The number of benzene rings is 1. The van der Waals surface area contributed by atoms with Gasteiger partial charge in [0, 0.05) is 29.7 Å². The first-order valence-corrected chi connectivity index (χ1v) is 10.3. The van der Waals surface area contributed by atoms with Crippen molar-refractivity contribution in [2.45, 2.75) is 43.5 Å². The monoisotopic (exact) mass is 385 g/mol. The van der Waals surface area contributed by atoms with E-state index in [1.807, 2.05) is 31.2 Å². The minimum absolute atomic E-state index is 0.0816. The minimum atomic E-state index is -0.0816. The first-order valence-electron chi connectivity index (χ1n) is 8.47. The number of carbonyl (C=O) groups excluding carboxylic acids is 1. The molecule has 0 saturated heterocycles. The van der Waals surface area contributed by atoms with Crippen molar-refractivity contribution in [3.63, 3.8) is 0 Å². The molecule has 0 atom stereocenters. The molecule has 3 aromatic rings. The molecule has 1 fully saturated rings. The van der Waals surface area contributed by atoms with Gasteiger partial charge in [-0.05, 0) is 38.0 Å². The van der Waals surface area contributed by atoms with Gasteiger partial charge in [-0.3, -0.25) is 9.36 Å². The molecule has 134 valence electrons. The molecule has 0 aliphatic heterocycles. The predicted molar refractivity (Wildman–Crippen MR) is 104 cm³/mol. The molecule has 2 aromatic heterocycles. The van der Waals surface area contributed by atoms with Crippen LogP contribution in [-0.2, 0) is 10.5 Å². The molecular weight excluding hydrogens is 366 g/mol.